The molecule has 236 valence electrons. The number of rotatable bonds is 11. The summed E-state index contributed by atoms with van der Waals surface area (Å²) in [6.07, 6.45) is 1.01. The van der Waals surface area contributed by atoms with Crippen LogP contribution in [0.2, 0.25) is 0 Å². The van der Waals surface area contributed by atoms with Crippen LogP contribution in [0.25, 0.3) is 0 Å². The number of hydrogen-bond acceptors (Lipinski definition) is 7. The van der Waals surface area contributed by atoms with E-state index in [4.69, 9.17) is 19.6 Å². The predicted molar refractivity (Wildman–Crippen MR) is 182 cm³/mol. The number of benzene rings is 3. The van der Waals surface area contributed by atoms with Gasteiger partial charge in [0.2, 0.25) is 11.1 Å². The first-order chi connectivity index (χ1) is 21.6. The van der Waals surface area contributed by atoms with Crippen molar-refractivity contribution in [2.75, 3.05) is 23.0 Å². The molecule has 0 radical (unpaired) electrons. The average Bonchev–Trinajstić information content (AvgIpc) is 3.40. The second-order valence-corrected chi connectivity index (χ2v) is 13.3. The highest BCUT2D eigenvalue weighted by Gasteiger charge is 2.35. The third kappa shape index (κ3) is 7.53. The summed E-state index contributed by atoms with van der Waals surface area (Å²) in [5.41, 5.74) is 6.35. The molecule has 45 heavy (non-hydrogen) atoms. The van der Waals surface area contributed by atoms with E-state index >= 15 is 0 Å². The molecular weight excluding hydrogens is 582 g/mol. The van der Waals surface area contributed by atoms with E-state index in [1.165, 1.54) is 5.56 Å². The van der Waals surface area contributed by atoms with Crippen LogP contribution in [0.3, 0.4) is 0 Å². The number of nitrogens with zero attached hydrogens (tertiary/aromatic N) is 3. The molecule has 1 unspecified atom stereocenters. The summed E-state index contributed by atoms with van der Waals surface area (Å²) in [5.74, 6) is 2.54. The summed E-state index contributed by atoms with van der Waals surface area (Å²) < 4.78 is 14.2. The summed E-state index contributed by atoms with van der Waals surface area (Å²) in [6, 6.07) is 21.6. The fourth-order valence-corrected chi connectivity index (χ4v) is 5.94. The lowest BCUT2D eigenvalue weighted by atomic mass is 9.87. The maximum Gasteiger partial charge on any atom is 0.255 e. The molecule has 0 saturated heterocycles. The fourth-order valence-electron chi connectivity index (χ4n) is 5.25. The third-order valence-corrected chi connectivity index (χ3v) is 8.63. The number of thioether (sulfide) groups is 1. The third-order valence-electron chi connectivity index (χ3n) is 7.59. The normalized spacial score (nSPS) is 14.5. The molecular formula is C36H43N5O3S. The number of nitrogens with one attached hydrogen (secondary N) is 2. The number of allylic oxidation sites excluding steroid dienone is 1. The van der Waals surface area contributed by atoms with E-state index in [1.54, 1.807) is 16.4 Å². The zero-order chi connectivity index (χ0) is 32.1. The van der Waals surface area contributed by atoms with E-state index in [2.05, 4.69) is 62.6 Å². The van der Waals surface area contributed by atoms with Gasteiger partial charge in [0.25, 0.3) is 5.91 Å². The van der Waals surface area contributed by atoms with Gasteiger partial charge in [-0.05, 0) is 79.1 Å². The standard InChI is InChI=1S/C36H43N5O3S/c1-8-19-45-35-39-34-37-24(4)31(33(42)38-28-12-10-11-23(3)20-28)32(41(34)40-35)26-15-18-29(30(21-26)43-9-2)44-22-25-13-16-27(17-14-25)36(5,6)7/h10-18,20-21,32H,8-9,19,22H2,1-7H3,(H,38,42)(H,37,39,40). The van der Waals surface area contributed by atoms with Crippen molar-refractivity contribution in [1.29, 1.82) is 0 Å². The second-order valence-electron chi connectivity index (χ2n) is 12.3. The molecule has 0 fully saturated rings. The van der Waals surface area contributed by atoms with Crippen molar-refractivity contribution < 1.29 is 14.3 Å². The monoisotopic (exact) mass is 625 g/mol. The summed E-state index contributed by atoms with van der Waals surface area (Å²) in [6.45, 7) is 15.5. The van der Waals surface area contributed by atoms with E-state index in [-0.39, 0.29) is 11.3 Å². The van der Waals surface area contributed by atoms with E-state index in [0.29, 0.717) is 47.1 Å². The zero-order valence-electron chi connectivity index (χ0n) is 27.2. The van der Waals surface area contributed by atoms with Gasteiger partial charge in [0, 0.05) is 17.1 Å². The van der Waals surface area contributed by atoms with Gasteiger partial charge in [-0.25, -0.2) is 4.68 Å². The largest absolute Gasteiger partial charge is 0.490 e. The summed E-state index contributed by atoms with van der Waals surface area (Å²) in [7, 11) is 0. The van der Waals surface area contributed by atoms with Crippen LogP contribution in [-0.2, 0) is 16.8 Å². The Morgan fingerprint density at radius 2 is 1.78 bits per heavy atom. The maximum absolute atomic E-state index is 14.0. The minimum Gasteiger partial charge on any atom is -0.490 e. The quantitative estimate of drug-likeness (QED) is 0.162. The van der Waals surface area contributed by atoms with Crippen LogP contribution in [0.15, 0.2) is 83.2 Å². The van der Waals surface area contributed by atoms with Crippen molar-refractivity contribution in [2.45, 2.75) is 78.1 Å². The smallest absolute Gasteiger partial charge is 0.255 e. The Balaban J connectivity index is 1.49. The lowest BCUT2D eigenvalue weighted by Gasteiger charge is -2.29. The van der Waals surface area contributed by atoms with Crippen LogP contribution in [0, 0.1) is 6.92 Å². The number of aromatic nitrogens is 3. The molecule has 1 atom stereocenters. The Morgan fingerprint density at radius 3 is 2.47 bits per heavy atom. The molecule has 0 aliphatic carbocycles. The van der Waals surface area contributed by atoms with Gasteiger partial charge in [-0.1, -0.05) is 81.9 Å². The first-order valence-corrected chi connectivity index (χ1v) is 16.5. The minimum atomic E-state index is -0.535. The molecule has 0 saturated carbocycles. The first-order valence-electron chi connectivity index (χ1n) is 15.5. The summed E-state index contributed by atoms with van der Waals surface area (Å²) in [4.78, 5) is 18.7. The van der Waals surface area contributed by atoms with Crippen molar-refractivity contribution in [2.24, 2.45) is 0 Å². The maximum atomic E-state index is 14.0. The van der Waals surface area contributed by atoms with Crippen molar-refractivity contribution in [1.82, 2.24) is 14.8 Å². The SMILES string of the molecule is CCCSc1nc2n(n1)C(c1ccc(OCc3ccc(C(C)(C)C)cc3)c(OCC)c1)C(C(=O)Nc1cccc(C)c1)=C(C)N2. The molecule has 2 heterocycles. The molecule has 2 N–H and O–H groups in total. The predicted octanol–water partition coefficient (Wildman–Crippen LogP) is 8.29. The molecule has 1 aliphatic heterocycles. The highest BCUT2D eigenvalue weighted by atomic mass is 32.2. The average molecular weight is 626 g/mol. The number of anilines is 2. The van der Waals surface area contributed by atoms with Crippen LogP contribution in [0.5, 0.6) is 11.5 Å². The lowest BCUT2D eigenvalue weighted by Crippen LogP contribution is -2.31. The van der Waals surface area contributed by atoms with Gasteiger partial charge < -0.3 is 20.1 Å². The van der Waals surface area contributed by atoms with Gasteiger partial charge in [0.15, 0.2) is 11.5 Å². The number of carbonyl (C=O) groups is 1. The highest BCUT2D eigenvalue weighted by molar-refractivity contribution is 7.99. The highest BCUT2D eigenvalue weighted by Crippen LogP contribution is 2.40. The Kier molecular flexibility index (Phi) is 9.87. The number of aryl methyl sites for hydroxylation is 1. The van der Waals surface area contributed by atoms with E-state index in [1.807, 2.05) is 63.2 Å². The van der Waals surface area contributed by atoms with Crippen molar-refractivity contribution in [3.63, 3.8) is 0 Å². The first kappa shape index (κ1) is 32.2. The van der Waals surface area contributed by atoms with Crippen LogP contribution >= 0.6 is 11.8 Å². The number of fused-ring (bicyclic) bond motifs is 1. The van der Waals surface area contributed by atoms with Crippen molar-refractivity contribution in [3.05, 3.63) is 100 Å². The van der Waals surface area contributed by atoms with Crippen molar-refractivity contribution in [3.8, 4) is 11.5 Å². The molecule has 3 aromatic carbocycles. The summed E-state index contributed by atoms with van der Waals surface area (Å²) in [5, 5.41) is 11.9. The van der Waals surface area contributed by atoms with Gasteiger partial charge in [-0.3, -0.25) is 4.79 Å². The van der Waals surface area contributed by atoms with Crippen molar-refractivity contribution >= 4 is 29.3 Å². The molecule has 0 spiro atoms. The van der Waals surface area contributed by atoms with E-state index in [9.17, 15) is 4.79 Å². The van der Waals surface area contributed by atoms with Gasteiger partial charge in [-0.15, -0.1) is 5.10 Å². The van der Waals surface area contributed by atoms with Crippen LogP contribution in [-0.4, -0.2) is 33.0 Å². The minimum absolute atomic E-state index is 0.0913. The van der Waals surface area contributed by atoms with Crippen LogP contribution in [0.1, 0.15) is 76.3 Å². The van der Waals surface area contributed by atoms with Gasteiger partial charge in [0.1, 0.15) is 12.6 Å². The number of hydrogen-bond donors (Lipinski definition) is 2. The Hall–Kier alpha value is -4.24. The molecule has 0 bridgehead atoms. The summed E-state index contributed by atoms with van der Waals surface area (Å²) >= 11 is 1.60. The molecule has 9 heteroatoms. The molecule has 8 nitrogen and oxygen atoms in total. The number of amides is 1. The topological polar surface area (TPSA) is 90.3 Å². The van der Waals surface area contributed by atoms with Gasteiger partial charge in [-0.2, -0.15) is 4.98 Å². The molecule has 5 rings (SSSR count). The Labute approximate surface area is 270 Å². The molecule has 4 aromatic rings. The zero-order valence-corrected chi connectivity index (χ0v) is 28.0. The van der Waals surface area contributed by atoms with Crippen LogP contribution < -0.4 is 20.1 Å². The van der Waals surface area contributed by atoms with E-state index in [0.717, 1.165) is 34.6 Å². The fraction of sp³-hybridized carbons (Fsp3) is 0.361. The second kappa shape index (κ2) is 13.8. The Morgan fingerprint density at radius 1 is 1.00 bits per heavy atom. The lowest BCUT2D eigenvalue weighted by molar-refractivity contribution is -0.113. The molecule has 1 amide bonds. The number of ether oxygens (including phenoxy) is 2. The Bertz CT molecular complexity index is 1690. The molecule has 1 aromatic heterocycles. The molecule has 1 aliphatic rings. The van der Waals surface area contributed by atoms with E-state index < -0.39 is 6.04 Å². The van der Waals surface area contributed by atoms with Gasteiger partial charge in [0.05, 0.1) is 12.2 Å². The van der Waals surface area contributed by atoms with Gasteiger partial charge >= 0.3 is 0 Å². The number of carbonyl (C=O) groups excluding carboxylic acids is 1. The van der Waals surface area contributed by atoms with Crippen LogP contribution in [0.4, 0.5) is 11.6 Å².